The molecule has 16 heavy (non-hydrogen) atoms. The highest BCUT2D eigenvalue weighted by Crippen LogP contribution is 2.44. The van der Waals surface area contributed by atoms with Gasteiger partial charge in [0.2, 0.25) is 0 Å². The summed E-state index contributed by atoms with van der Waals surface area (Å²) in [4.78, 5) is 0. The summed E-state index contributed by atoms with van der Waals surface area (Å²) in [5, 5.41) is 20.8. The molecule has 96 valence electrons. The lowest BCUT2D eigenvalue weighted by Crippen LogP contribution is -2.53. The number of hydrogen-bond acceptors (Lipinski definition) is 2. The van der Waals surface area contributed by atoms with Crippen LogP contribution in [0.4, 0.5) is 0 Å². The summed E-state index contributed by atoms with van der Waals surface area (Å²) in [5.74, 6) is 1.19. The number of aliphatic hydroxyl groups is 2. The first kappa shape index (κ1) is 14.0. The zero-order chi connectivity index (χ0) is 12.6. The summed E-state index contributed by atoms with van der Waals surface area (Å²) in [5.41, 5.74) is -1.18. The number of rotatable bonds is 1. The van der Waals surface area contributed by atoms with Gasteiger partial charge in [0.15, 0.2) is 0 Å². The average molecular weight is 228 g/mol. The van der Waals surface area contributed by atoms with Gasteiger partial charge in [-0.15, -0.1) is 0 Å². The molecular formula is C14H28O2. The van der Waals surface area contributed by atoms with Gasteiger partial charge in [-0.2, -0.15) is 0 Å². The Morgan fingerprint density at radius 1 is 1.25 bits per heavy atom. The molecule has 0 unspecified atom stereocenters. The minimum absolute atomic E-state index is 0.209. The highest BCUT2D eigenvalue weighted by molar-refractivity contribution is 4.98. The van der Waals surface area contributed by atoms with Crippen molar-refractivity contribution in [2.75, 3.05) is 0 Å². The van der Waals surface area contributed by atoms with Gasteiger partial charge in [0.25, 0.3) is 0 Å². The molecule has 1 rings (SSSR count). The smallest absolute Gasteiger partial charge is 0.0928 e. The van der Waals surface area contributed by atoms with E-state index in [1.807, 2.05) is 0 Å². The van der Waals surface area contributed by atoms with Crippen LogP contribution in [0.1, 0.15) is 60.3 Å². The standard InChI is InChI=1S/C14H28O2/c1-6-11-9-12(15)14(5,16)13(3,4)8-7-10(11)2/h10-12,15-16H,6-9H2,1-5H3/t10-,11+,12+,14+/m1/s1. The lowest BCUT2D eigenvalue weighted by atomic mass is 9.64. The van der Waals surface area contributed by atoms with Gasteiger partial charge < -0.3 is 10.2 Å². The topological polar surface area (TPSA) is 40.5 Å². The molecule has 0 amide bonds. The van der Waals surface area contributed by atoms with Crippen LogP contribution < -0.4 is 0 Å². The first-order chi connectivity index (χ1) is 7.22. The zero-order valence-corrected chi connectivity index (χ0v) is 11.5. The summed E-state index contributed by atoms with van der Waals surface area (Å²) in [6, 6.07) is 0. The van der Waals surface area contributed by atoms with E-state index in [1.165, 1.54) is 0 Å². The van der Waals surface area contributed by atoms with Crippen molar-refractivity contribution < 1.29 is 10.2 Å². The Kier molecular flexibility index (Phi) is 4.07. The second kappa shape index (κ2) is 4.66. The van der Waals surface area contributed by atoms with Gasteiger partial charge in [-0.05, 0) is 43.4 Å². The average Bonchev–Trinajstić information content (AvgIpc) is 2.20. The van der Waals surface area contributed by atoms with Crippen molar-refractivity contribution in [2.24, 2.45) is 17.3 Å². The molecule has 0 saturated heterocycles. The maximum atomic E-state index is 10.5. The Balaban J connectivity index is 2.91. The molecular weight excluding hydrogens is 200 g/mol. The van der Waals surface area contributed by atoms with E-state index in [1.54, 1.807) is 6.92 Å². The minimum Gasteiger partial charge on any atom is -0.390 e. The van der Waals surface area contributed by atoms with E-state index in [4.69, 9.17) is 0 Å². The van der Waals surface area contributed by atoms with E-state index >= 15 is 0 Å². The SMILES string of the molecule is CC[C@H]1C[C@H](O)[C@](C)(O)C(C)(C)CC[C@H]1C. The largest absolute Gasteiger partial charge is 0.390 e. The molecule has 0 bridgehead atoms. The molecule has 0 radical (unpaired) electrons. The van der Waals surface area contributed by atoms with Crippen LogP contribution in [0.15, 0.2) is 0 Å². The number of aliphatic hydroxyl groups excluding tert-OH is 1. The first-order valence-corrected chi connectivity index (χ1v) is 6.62. The number of hydrogen-bond donors (Lipinski definition) is 2. The second-order valence-corrected chi connectivity index (χ2v) is 6.47. The molecule has 0 aromatic carbocycles. The van der Waals surface area contributed by atoms with Crippen LogP contribution in [0.5, 0.6) is 0 Å². The Bertz CT molecular complexity index is 233. The van der Waals surface area contributed by atoms with Crippen molar-refractivity contribution in [3.05, 3.63) is 0 Å². The fraction of sp³-hybridized carbons (Fsp3) is 1.00. The molecule has 2 heteroatoms. The third-order valence-corrected chi connectivity index (χ3v) is 5.10. The van der Waals surface area contributed by atoms with E-state index in [0.29, 0.717) is 11.8 Å². The highest BCUT2D eigenvalue weighted by atomic mass is 16.3. The molecule has 2 N–H and O–H groups in total. The van der Waals surface area contributed by atoms with Crippen LogP contribution in [-0.2, 0) is 0 Å². The van der Waals surface area contributed by atoms with E-state index in [0.717, 1.165) is 25.7 Å². The van der Waals surface area contributed by atoms with E-state index < -0.39 is 11.7 Å². The molecule has 1 saturated carbocycles. The second-order valence-electron chi connectivity index (χ2n) is 6.47. The summed E-state index contributed by atoms with van der Waals surface area (Å²) >= 11 is 0. The molecule has 2 nitrogen and oxygen atoms in total. The van der Waals surface area contributed by atoms with Gasteiger partial charge in [0.1, 0.15) is 0 Å². The summed E-state index contributed by atoms with van der Waals surface area (Å²) < 4.78 is 0. The van der Waals surface area contributed by atoms with Gasteiger partial charge in [0, 0.05) is 0 Å². The molecule has 4 atom stereocenters. The Labute approximate surface area is 100 Å². The summed E-state index contributed by atoms with van der Waals surface area (Å²) in [7, 11) is 0. The maximum absolute atomic E-state index is 10.5. The van der Waals surface area contributed by atoms with Crippen molar-refractivity contribution in [2.45, 2.75) is 72.0 Å². The summed E-state index contributed by atoms with van der Waals surface area (Å²) in [6.45, 7) is 10.4. The molecule has 1 fully saturated rings. The lowest BCUT2D eigenvalue weighted by molar-refractivity contribution is -0.154. The van der Waals surface area contributed by atoms with Gasteiger partial charge in [-0.25, -0.2) is 0 Å². The summed E-state index contributed by atoms with van der Waals surface area (Å²) in [6.07, 6.45) is 3.35. The first-order valence-electron chi connectivity index (χ1n) is 6.62. The Hall–Kier alpha value is -0.0800. The third-order valence-electron chi connectivity index (χ3n) is 5.10. The van der Waals surface area contributed by atoms with E-state index in [9.17, 15) is 10.2 Å². The van der Waals surface area contributed by atoms with Gasteiger partial charge in [-0.3, -0.25) is 0 Å². The molecule has 0 spiro atoms. The van der Waals surface area contributed by atoms with Crippen LogP contribution in [0.3, 0.4) is 0 Å². The predicted octanol–water partition coefficient (Wildman–Crippen LogP) is 2.97. The van der Waals surface area contributed by atoms with Crippen molar-refractivity contribution in [1.29, 1.82) is 0 Å². The van der Waals surface area contributed by atoms with Gasteiger partial charge >= 0.3 is 0 Å². The van der Waals surface area contributed by atoms with Crippen LogP contribution in [0.25, 0.3) is 0 Å². The van der Waals surface area contributed by atoms with Crippen LogP contribution in [0.2, 0.25) is 0 Å². The van der Waals surface area contributed by atoms with E-state index in [2.05, 4.69) is 27.7 Å². The molecule has 0 aromatic rings. The normalized spacial score (nSPS) is 44.8. The molecule has 0 heterocycles. The molecule has 1 aliphatic rings. The van der Waals surface area contributed by atoms with Crippen molar-refractivity contribution in [1.82, 2.24) is 0 Å². The van der Waals surface area contributed by atoms with Crippen LogP contribution in [-0.4, -0.2) is 21.9 Å². The molecule has 0 aliphatic heterocycles. The van der Waals surface area contributed by atoms with Crippen molar-refractivity contribution in [3.63, 3.8) is 0 Å². The van der Waals surface area contributed by atoms with Crippen molar-refractivity contribution >= 4 is 0 Å². The fourth-order valence-corrected chi connectivity index (χ4v) is 2.85. The molecule has 1 aliphatic carbocycles. The minimum atomic E-state index is -0.972. The van der Waals surface area contributed by atoms with E-state index in [-0.39, 0.29) is 5.41 Å². The van der Waals surface area contributed by atoms with Gasteiger partial charge in [-0.1, -0.05) is 34.1 Å². The Morgan fingerprint density at radius 3 is 2.31 bits per heavy atom. The van der Waals surface area contributed by atoms with Crippen LogP contribution >= 0.6 is 0 Å². The zero-order valence-electron chi connectivity index (χ0n) is 11.5. The monoisotopic (exact) mass is 228 g/mol. The molecule has 0 aromatic heterocycles. The third kappa shape index (κ3) is 2.43. The Morgan fingerprint density at radius 2 is 1.81 bits per heavy atom. The van der Waals surface area contributed by atoms with Crippen molar-refractivity contribution in [3.8, 4) is 0 Å². The highest BCUT2D eigenvalue weighted by Gasteiger charge is 2.47. The fourth-order valence-electron chi connectivity index (χ4n) is 2.85. The van der Waals surface area contributed by atoms with Gasteiger partial charge in [0.05, 0.1) is 11.7 Å². The maximum Gasteiger partial charge on any atom is 0.0928 e. The lowest BCUT2D eigenvalue weighted by Gasteiger charge is -2.47. The quantitative estimate of drug-likeness (QED) is 0.724. The predicted molar refractivity (Wildman–Crippen MR) is 67.2 cm³/mol. The van der Waals surface area contributed by atoms with Crippen LogP contribution in [0, 0.1) is 17.3 Å².